The second-order valence-corrected chi connectivity index (χ2v) is 9.94. The number of nitrogens with one attached hydrogen (secondary N) is 3. The summed E-state index contributed by atoms with van der Waals surface area (Å²) in [5.74, 6) is 0.142. The van der Waals surface area contributed by atoms with E-state index in [0.717, 1.165) is 4.90 Å². The van der Waals surface area contributed by atoms with Crippen LogP contribution < -0.4 is 30.2 Å². The summed E-state index contributed by atoms with van der Waals surface area (Å²) in [5, 5.41) is 8.36. The first-order valence-electron chi connectivity index (χ1n) is 13.0. The molecule has 0 radical (unpaired) electrons. The first kappa shape index (κ1) is 30.7. The molecule has 3 aromatic carbocycles. The Hall–Kier alpha value is -5.29. The van der Waals surface area contributed by atoms with E-state index in [0.29, 0.717) is 39.8 Å². The molecule has 0 atom stereocenters. The van der Waals surface area contributed by atoms with E-state index in [9.17, 15) is 14.4 Å². The van der Waals surface area contributed by atoms with Crippen molar-refractivity contribution in [3.63, 3.8) is 0 Å². The van der Waals surface area contributed by atoms with Gasteiger partial charge in [-0.2, -0.15) is 0 Å². The van der Waals surface area contributed by atoms with E-state index in [1.807, 2.05) is 6.07 Å². The first-order chi connectivity index (χ1) is 20.9. The Balaban J connectivity index is 1.55. The lowest BCUT2D eigenvalue weighted by Gasteiger charge is -2.15. The first-order valence-corrected chi connectivity index (χ1v) is 14.0. The van der Waals surface area contributed by atoms with E-state index >= 15 is 0 Å². The number of anilines is 2. The van der Waals surface area contributed by atoms with Crippen molar-refractivity contribution in [2.75, 3.05) is 37.7 Å². The molecule has 43 heavy (non-hydrogen) atoms. The maximum absolute atomic E-state index is 13.5. The average molecular weight is 599 g/mol. The number of amides is 3. The van der Waals surface area contributed by atoms with Gasteiger partial charge in [0.05, 0.1) is 27.1 Å². The Morgan fingerprint density at radius 2 is 1.49 bits per heavy atom. The molecule has 0 unspecified atom stereocenters. The maximum Gasteiger partial charge on any atom is 0.272 e. The van der Waals surface area contributed by atoms with E-state index in [1.54, 1.807) is 85.2 Å². The number of carbonyl (C=O) groups excluding carboxylic acids is 3. The predicted octanol–water partition coefficient (Wildman–Crippen LogP) is 5.25. The third-order valence-corrected chi connectivity index (χ3v) is 6.95. The number of ether oxygens (including phenoxy) is 3. The number of hydrogen-bond donors (Lipinski definition) is 3. The minimum atomic E-state index is -0.560. The third kappa shape index (κ3) is 8.60. The molecule has 1 heterocycles. The van der Waals surface area contributed by atoms with Gasteiger partial charge in [-0.05, 0) is 66.2 Å². The SMILES string of the molecule is COc1cc(/C=C(/NC(=O)c2ccccc2)C(=O)Nc2cccc(SCC(=O)Nc3ccncc3)c2)cc(OC)c1OC. The lowest BCUT2D eigenvalue weighted by atomic mass is 10.1. The highest BCUT2D eigenvalue weighted by molar-refractivity contribution is 8.00. The lowest BCUT2D eigenvalue weighted by molar-refractivity contribution is -0.114. The van der Waals surface area contributed by atoms with Crippen molar-refractivity contribution in [1.29, 1.82) is 0 Å². The van der Waals surface area contributed by atoms with Crippen LogP contribution in [0, 0.1) is 0 Å². The van der Waals surface area contributed by atoms with E-state index in [-0.39, 0.29) is 17.4 Å². The zero-order chi connectivity index (χ0) is 30.6. The number of pyridine rings is 1. The summed E-state index contributed by atoms with van der Waals surface area (Å²) in [5.41, 5.74) is 2.03. The molecule has 10 nitrogen and oxygen atoms in total. The zero-order valence-electron chi connectivity index (χ0n) is 23.7. The Labute approximate surface area is 253 Å². The molecule has 1 aromatic heterocycles. The van der Waals surface area contributed by atoms with Gasteiger partial charge in [0.25, 0.3) is 11.8 Å². The van der Waals surface area contributed by atoms with Crippen LogP contribution in [0.4, 0.5) is 11.4 Å². The van der Waals surface area contributed by atoms with E-state index < -0.39 is 11.8 Å². The maximum atomic E-state index is 13.5. The third-order valence-electron chi connectivity index (χ3n) is 5.95. The molecule has 220 valence electrons. The quantitative estimate of drug-likeness (QED) is 0.149. The Morgan fingerprint density at radius 3 is 2.14 bits per heavy atom. The number of aromatic nitrogens is 1. The molecule has 4 aromatic rings. The molecule has 0 bridgehead atoms. The summed E-state index contributed by atoms with van der Waals surface area (Å²) in [6, 6.07) is 22.4. The van der Waals surface area contributed by atoms with Crippen LogP contribution in [0.5, 0.6) is 17.2 Å². The van der Waals surface area contributed by atoms with Crippen LogP contribution in [0.25, 0.3) is 6.08 Å². The summed E-state index contributed by atoms with van der Waals surface area (Å²) in [4.78, 5) is 43.6. The van der Waals surface area contributed by atoms with E-state index in [4.69, 9.17) is 14.2 Å². The Bertz CT molecular complexity index is 1590. The molecule has 3 amide bonds. The van der Waals surface area contributed by atoms with E-state index in [1.165, 1.54) is 39.2 Å². The van der Waals surface area contributed by atoms with Crippen molar-refractivity contribution in [3.8, 4) is 17.2 Å². The molecule has 0 saturated carbocycles. The molecule has 0 saturated heterocycles. The molecule has 11 heteroatoms. The fourth-order valence-electron chi connectivity index (χ4n) is 3.94. The standard InChI is InChI=1S/C32H30N4O6S/c1-40-27-17-21(18-28(41-2)30(27)42-3)16-26(36-31(38)22-8-5-4-6-9-22)32(39)35-24-10-7-11-25(19-24)43-20-29(37)34-23-12-14-33-15-13-23/h4-19H,20H2,1-3H3,(H,35,39)(H,36,38)(H,33,34,37)/b26-16+. The molecule has 0 spiro atoms. The number of hydrogen-bond acceptors (Lipinski definition) is 8. The van der Waals surface area contributed by atoms with Gasteiger partial charge >= 0.3 is 0 Å². The van der Waals surface area contributed by atoms with Crippen LogP contribution in [-0.2, 0) is 9.59 Å². The fraction of sp³-hybridized carbons (Fsp3) is 0.125. The molecular formula is C32H30N4O6S. The zero-order valence-corrected chi connectivity index (χ0v) is 24.6. The minimum absolute atomic E-state index is 0.0158. The number of rotatable bonds is 12. The molecule has 0 aliphatic rings. The van der Waals surface area contributed by atoms with Crippen molar-refractivity contribution in [2.45, 2.75) is 4.90 Å². The van der Waals surface area contributed by atoms with Crippen molar-refractivity contribution in [3.05, 3.63) is 108 Å². The van der Waals surface area contributed by atoms with Crippen LogP contribution in [0.15, 0.2) is 102 Å². The molecule has 0 aliphatic heterocycles. The summed E-state index contributed by atoms with van der Waals surface area (Å²) >= 11 is 1.32. The summed E-state index contributed by atoms with van der Waals surface area (Å²) < 4.78 is 16.3. The van der Waals surface area contributed by atoms with Crippen molar-refractivity contribution >= 4 is 46.9 Å². The molecule has 0 fully saturated rings. The Kier molecular flexibility index (Phi) is 10.8. The van der Waals surface area contributed by atoms with Crippen molar-refractivity contribution in [2.24, 2.45) is 0 Å². The molecule has 4 rings (SSSR count). The van der Waals surface area contributed by atoms with Gasteiger partial charge in [-0.25, -0.2) is 0 Å². The van der Waals surface area contributed by atoms with Gasteiger partial charge in [-0.1, -0.05) is 24.3 Å². The van der Waals surface area contributed by atoms with Crippen LogP contribution in [-0.4, -0.2) is 49.8 Å². The number of thioether (sulfide) groups is 1. The smallest absolute Gasteiger partial charge is 0.272 e. The average Bonchev–Trinajstić information content (AvgIpc) is 3.04. The van der Waals surface area contributed by atoms with Gasteiger partial charge in [-0.15, -0.1) is 11.8 Å². The van der Waals surface area contributed by atoms with Crippen LogP contribution in [0.1, 0.15) is 15.9 Å². The van der Waals surface area contributed by atoms with Gasteiger partial charge in [0.15, 0.2) is 11.5 Å². The number of benzene rings is 3. The summed E-state index contributed by atoms with van der Waals surface area (Å²) in [7, 11) is 4.47. The van der Waals surface area contributed by atoms with Gasteiger partial charge in [-0.3, -0.25) is 19.4 Å². The topological polar surface area (TPSA) is 128 Å². The van der Waals surface area contributed by atoms with E-state index in [2.05, 4.69) is 20.9 Å². The van der Waals surface area contributed by atoms with Gasteiger partial charge < -0.3 is 30.2 Å². The van der Waals surface area contributed by atoms with Crippen LogP contribution >= 0.6 is 11.8 Å². The predicted molar refractivity (Wildman–Crippen MR) is 167 cm³/mol. The summed E-state index contributed by atoms with van der Waals surface area (Å²) in [6.45, 7) is 0. The van der Waals surface area contributed by atoms with Gasteiger partial charge in [0, 0.05) is 34.2 Å². The molecule has 3 N–H and O–H groups in total. The highest BCUT2D eigenvalue weighted by Crippen LogP contribution is 2.38. The number of nitrogens with zero attached hydrogens (tertiary/aromatic N) is 1. The number of methoxy groups -OCH3 is 3. The second kappa shape index (κ2) is 15.1. The number of carbonyl (C=O) groups is 3. The second-order valence-electron chi connectivity index (χ2n) is 8.89. The minimum Gasteiger partial charge on any atom is -0.493 e. The van der Waals surface area contributed by atoms with Crippen molar-refractivity contribution in [1.82, 2.24) is 10.3 Å². The van der Waals surface area contributed by atoms with Crippen molar-refractivity contribution < 1.29 is 28.6 Å². The highest BCUT2D eigenvalue weighted by Gasteiger charge is 2.18. The molecular weight excluding hydrogens is 568 g/mol. The van der Waals surface area contributed by atoms with Crippen LogP contribution in [0.2, 0.25) is 0 Å². The van der Waals surface area contributed by atoms with Crippen LogP contribution in [0.3, 0.4) is 0 Å². The lowest BCUT2D eigenvalue weighted by Crippen LogP contribution is -2.30. The fourth-order valence-corrected chi connectivity index (χ4v) is 4.69. The highest BCUT2D eigenvalue weighted by atomic mass is 32.2. The van der Waals surface area contributed by atoms with Gasteiger partial charge in [0.2, 0.25) is 11.7 Å². The Morgan fingerprint density at radius 1 is 0.791 bits per heavy atom. The monoisotopic (exact) mass is 598 g/mol. The van der Waals surface area contributed by atoms with Gasteiger partial charge in [0.1, 0.15) is 5.70 Å². The normalized spacial score (nSPS) is 10.8. The largest absolute Gasteiger partial charge is 0.493 e. The molecule has 0 aliphatic carbocycles. The summed E-state index contributed by atoms with van der Waals surface area (Å²) in [6.07, 6.45) is 4.71.